The standard InChI is InChI=1S/C18H28N2O4.C15H25NO3/c1-5-6-18(23)20-14-7-8-17(16(9-14)13(4)21)24-11-15(22)10-19-12(2)3;1-12(2)16-10-14(17)11-19-15-6-4-13(5-7-15)8-9-18-3/h7-9,12,15,19,22H,5-6,10-11H2,1-4H3,(H,20,23);4-7,12,14,16-17H,8-11H2,1-3H3. The maximum Gasteiger partial charge on any atom is 0.224 e. The van der Waals surface area contributed by atoms with E-state index in [0.29, 0.717) is 49.2 Å². The highest BCUT2D eigenvalue weighted by Crippen LogP contribution is 2.24. The van der Waals surface area contributed by atoms with Crippen molar-refractivity contribution in [3.05, 3.63) is 53.6 Å². The summed E-state index contributed by atoms with van der Waals surface area (Å²) in [6.45, 7) is 13.5. The van der Waals surface area contributed by atoms with Gasteiger partial charge < -0.3 is 40.4 Å². The van der Waals surface area contributed by atoms with Gasteiger partial charge in [-0.1, -0.05) is 46.8 Å². The van der Waals surface area contributed by atoms with E-state index >= 15 is 0 Å². The van der Waals surface area contributed by atoms with Crippen molar-refractivity contribution in [2.45, 2.75) is 85.1 Å². The lowest BCUT2D eigenvalue weighted by Gasteiger charge is -2.17. The maximum atomic E-state index is 11.8. The van der Waals surface area contributed by atoms with E-state index in [-0.39, 0.29) is 24.3 Å². The number of ketones is 1. The number of nitrogens with one attached hydrogen (secondary N) is 3. The van der Waals surface area contributed by atoms with Gasteiger partial charge in [-0.2, -0.15) is 0 Å². The van der Waals surface area contributed by atoms with Gasteiger partial charge in [0.1, 0.15) is 36.9 Å². The molecule has 0 radical (unpaired) electrons. The van der Waals surface area contributed by atoms with Crippen molar-refractivity contribution in [3.63, 3.8) is 0 Å². The van der Waals surface area contributed by atoms with Crippen molar-refractivity contribution in [1.29, 1.82) is 0 Å². The van der Waals surface area contributed by atoms with E-state index in [1.807, 2.05) is 58.9 Å². The van der Waals surface area contributed by atoms with E-state index in [0.717, 1.165) is 25.2 Å². The van der Waals surface area contributed by atoms with Gasteiger partial charge in [0.15, 0.2) is 5.78 Å². The molecule has 1 amide bonds. The number of aliphatic hydroxyl groups excluding tert-OH is 2. The molecule has 242 valence electrons. The normalized spacial score (nSPS) is 12.3. The minimum Gasteiger partial charge on any atom is -0.491 e. The van der Waals surface area contributed by atoms with Crippen LogP contribution in [0.15, 0.2) is 42.5 Å². The minimum absolute atomic E-state index is 0.0849. The van der Waals surface area contributed by atoms with Crippen LogP contribution < -0.4 is 25.4 Å². The van der Waals surface area contributed by atoms with Crippen LogP contribution in [0.3, 0.4) is 0 Å². The third-order valence-corrected chi connectivity index (χ3v) is 6.03. The molecule has 0 spiro atoms. The Morgan fingerprint density at radius 2 is 1.44 bits per heavy atom. The fraction of sp³-hybridized carbons (Fsp3) is 0.576. The third kappa shape index (κ3) is 17.6. The molecule has 0 saturated carbocycles. The average Bonchev–Trinajstić information content (AvgIpc) is 2.97. The Bertz CT molecular complexity index is 1060. The number of Topliss-reactive ketones (excluding diaryl/α,β-unsaturated/α-hetero) is 1. The molecule has 10 heteroatoms. The molecule has 0 aromatic heterocycles. The van der Waals surface area contributed by atoms with Gasteiger partial charge in [-0.15, -0.1) is 0 Å². The molecule has 0 aliphatic heterocycles. The molecule has 0 aliphatic rings. The summed E-state index contributed by atoms with van der Waals surface area (Å²) in [7, 11) is 1.70. The first-order chi connectivity index (χ1) is 20.4. The summed E-state index contributed by atoms with van der Waals surface area (Å²) in [5.74, 6) is 0.937. The topological polar surface area (TPSA) is 138 Å². The summed E-state index contributed by atoms with van der Waals surface area (Å²) in [5, 5.41) is 28.7. The molecule has 0 fully saturated rings. The summed E-state index contributed by atoms with van der Waals surface area (Å²) in [6.07, 6.45) is 0.932. The molecule has 2 aromatic rings. The Balaban J connectivity index is 0.000000442. The van der Waals surface area contributed by atoms with E-state index < -0.39 is 12.2 Å². The monoisotopic (exact) mass is 603 g/mol. The van der Waals surface area contributed by atoms with Crippen LogP contribution in [0, 0.1) is 0 Å². The summed E-state index contributed by atoms with van der Waals surface area (Å²) in [6, 6.07) is 13.5. The molecule has 2 rings (SSSR count). The summed E-state index contributed by atoms with van der Waals surface area (Å²) in [4.78, 5) is 23.5. The van der Waals surface area contributed by atoms with Crippen LogP contribution in [0.5, 0.6) is 11.5 Å². The quantitative estimate of drug-likeness (QED) is 0.151. The number of hydrogen-bond acceptors (Lipinski definition) is 9. The van der Waals surface area contributed by atoms with Crippen LogP contribution in [-0.2, 0) is 16.0 Å². The first-order valence-electron chi connectivity index (χ1n) is 15.1. The minimum atomic E-state index is -0.670. The zero-order chi connectivity index (χ0) is 32.2. The first-order valence-corrected chi connectivity index (χ1v) is 15.1. The second kappa shape index (κ2) is 21.6. The Morgan fingerprint density at radius 3 is 1.95 bits per heavy atom. The lowest BCUT2D eigenvalue weighted by atomic mass is 10.1. The summed E-state index contributed by atoms with van der Waals surface area (Å²) in [5.41, 5.74) is 2.16. The van der Waals surface area contributed by atoms with Crippen LogP contribution in [0.2, 0.25) is 0 Å². The zero-order valence-electron chi connectivity index (χ0n) is 26.9. The van der Waals surface area contributed by atoms with Gasteiger partial charge in [0, 0.05) is 44.4 Å². The molecule has 2 unspecified atom stereocenters. The van der Waals surface area contributed by atoms with E-state index in [9.17, 15) is 19.8 Å². The Hall–Kier alpha value is -3.02. The van der Waals surface area contributed by atoms with Gasteiger partial charge in [0.05, 0.1) is 12.2 Å². The predicted molar refractivity (Wildman–Crippen MR) is 171 cm³/mol. The van der Waals surface area contributed by atoms with E-state index in [2.05, 4.69) is 16.0 Å². The molecule has 10 nitrogen and oxygen atoms in total. The second-order valence-electron chi connectivity index (χ2n) is 11.0. The fourth-order valence-corrected chi connectivity index (χ4v) is 3.67. The lowest BCUT2D eigenvalue weighted by molar-refractivity contribution is -0.116. The van der Waals surface area contributed by atoms with Crippen LogP contribution in [0.4, 0.5) is 5.69 Å². The van der Waals surface area contributed by atoms with Crippen LogP contribution in [-0.4, -0.2) is 86.2 Å². The number of rotatable bonds is 19. The number of carbonyl (C=O) groups is 2. The third-order valence-electron chi connectivity index (χ3n) is 6.03. The van der Waals surface area contributed by atoms with Crippen LogP contribution in [0.1, 0.15) is 70.3 Å². The Morgan fingerprint density at radius 1 is 0.860 bits per heavy atom. The Labute approximate surface area is 257 Å². The highest BCUT2D eigenvalue weighted by molar-refractivity contribution is 5.99. The van der Waals surface area contributed by atoms with Crippen molar-refractivity contribution in [2.24, 2.45) is 0 Å². The molecule has 0 heterocycles. The molecule has 2 atom stereocenters. The van der Waals surface area contributed by atoms with Gasteiger partial charge in [-0.25, -0.2) is 0 Å². The number of aliphatic hydroxyl groups is 2. The lowest BCUT2D eigenvalue weighted by Crippen LogP contribution is -2.35. The number of carbonyl (C=O) groups excluding carboxylic acids is 2. The van der Waals surface area contributed by atoms with Crippen molar-refractivity contribution in [2.75, 3.05) is 45.3 Å². The summed E-state index contributed by atoms with van der Waals surface area (Å²) >= 11 is 0. The van der Waals surface area contributed by atoms with Gasteiger partial charge in [-0.3, -0.25) is 9.59 Å². The smallest absolute Gasteiger partial charge is 0.224 e. The van der Waals surface area contributed by atoms with E-state index in [1.165, 1.54) is 12.5 Å². The summed E-state index contributed by atoms with van der Waals surface area (Å²) < 4.78 is 16.1. The van der Waals surface area contributed by atoms with E-state index in [4.69, 9.17) is 14.2 Å². The average molecular weight is 604 g/mol. The number of ether oxygens (including phenoxy) is 3. The van der Waals surface area contributed by atoms with Crippen LogP contribution in [0.25, 0.3) is 0 Å². The number of methoxy groups -OCH3 is 1. The van der Waals surface area contributed by atoms with Gasteiger partial charge in [0.2, 0.25) is 5.91 Å². The molecular weight excluding hydrogens is 550 g/mol. The van der Waals surface area contributed by atoms with Gasteiger partial charge >= 0.3 is 0 Å². The molecular formula is C33H53N3O7. The Kier molecular flexibility index (Phi) is 19.1. The van der Waals surface area contributed by atoms with Crippen molar-refractivity contribution in [1.82, 2.24) is 10.6 Å². The molecule has 0 aliphatic carbocycles. The number of anilines is 1. The fourth-order valence-electron chi connectivity index (χ4n) is 3.67. The first kappa shape index (κ1) is 38.0. The van der Waals surface area contributed by atoms with E-state index in [1.54, 1.807) is 25.3 Å². The molecule has 0 saturated heterocycles. The second-order valence-corrected chi connectivity index (χ2v) is 11.0. The molecule has 2 aromatic carbocycles. The molecule has 5 N–H and O–H groups in total. The van der Waals surface area contributed by atoms with Crippen molar-refractivity contribution >= 4 is 17.4 Å². The van der Waals surface area contributed by atoms with Crippen molar-refractivity contribution in [3.8, 4) is 11.5 Å². The van der Waals surface area contributed by atoms with Crippen molar-refractivity contribution < 1.29 is 34.0 Å². The number of benzene rings is 2. The maximum absolute atomic E-state index is 11.8. The van der Waals surface area contributed by atoms with Crippen LogP contribution >= 0.6 is 0 Å². The SMILES string of the molecule is CCCC(=O)Nc1ccc(OCC(O)CNC(C)C)c(C(C)=O)c1.COCCc1ccc(OCC(O)CNC(C)C)cc1. The van der Waals surface area contributed by atoms with Gasteiger partial charge in [0.25, 0.3) is 0 Å². The highest BCUT2D eigenvalue weighted by Gasteiger charge is 2.13. The van der Waals surface area contributed by atoms with Gasteiger partial charge in [-0.05, 0) is 55.7 Å². The molecule has 0 bridgehead atoms. The number of amides is 1. The number of hydrogen-bond donors (Lipinski definition) is 5. The highest BCUT2D eigenvalue weighted by atomic mass is 16.5. The largest absolute Gasteiger partial charge is 0.491 e. The predicted octanol–water partition coefficient (Wildman–Crippen LogP) is 3.98. The molecule has 43 heavy (non-hydrogen) atoms. The zero-order valence-corrected chi connectivity index (χ0v) is 26.9.